The molecule has 0 saturated carbocycles. The number of likely N-dealkylation sites (tertiary alicyclic amines) is 1. The van der Waals surface area contributed by atoms with Crippen LogP contribution >= 0.6 is 11.8 Å². The first-order chi connectivity index (χ1) is 22.9. The number of nitrogens with one attached hydrogen (secondary N) is 1. The van der Waals surface area contributed by atoms with E-state index in [0.29, 0.717) is 12.2 Å². The van der Waals surface area contributed by atoms with Crippen LogP contribution in [0.2, 0.25) is 0 Å². The summed E-state index contributed by atoms with van der Waals surface area (Å²) in [6, 6.07) is 29.2. The molecule has 2 N–H and O–H groups in total. The van der Waals surface area contributed by atoms with Gasteiger partial charge in [-0.2, -0.15) is 0 Å². The van der Waals surface area contributed by atoms with Gasteiger partial charge in [-0.3, -0.25) is 14.5 Å². The summed E-state index contributed by atoms with van der Waals surface area (Å²) in [5.74, 6) is -0.151. The van der Waals surface area contributed by atoms with Crippen molar-refractivity contribution in [3.63, 3.8) is 0 Å². The maximum absolute atomic E-state index is 13.0. The summed E-state index contributed by atoms with van der Waals surface area (Å²) in [7, 11) is 0. The SMILES string of the molecule is O=C(NC1CC(=O)N(Cc2ccc(C3OC(CSc4ccccn4)CC(c4ccc(CO)cc4)O3)cc2)C1=O)OCc1ccccc1. The number of aliphatic hydroxyl groups excluding tert-OH is 1. The Kier molecular flexibility index (Phi) is 10.6. The first-order valence-corrected chi connectivity index (χ1v) is 16.4. The molecule has 3 aromatic carbocycles. The van der Waals surface area contributed by atoms with Crippen molar-refractivity contribution in [1.29, 1.82) is 0 Å². The molecule has 0 spiro atoms. The predicted molar refractivity (Wildman–Crippen MR) is 174 cm³/mol. The Morgan fingerprint density at radius 2 is 1.62 bits per heavy atom. The molecule has 47 heavy (non-hydrogen) atoms. The number of thioether (sulfide) groups is 1. The minimum absolute atomic E-state index is 0.0275. The molecule has 3 amide bonds. The highest BCUT2D eigenvalue weighted by molar-refractivity contribution is 7.99. The van der Waals surface area contributed by atoms with Crippen LogP contribution in [0.4, 0.5) is 4.79 Å². The number of benzene rings is 3. The standard InChI is InChI=1S/C36H35N3O7S/c40-21-25-11-13-27(14-12-25)31-18-29(23-47-32-8-4-5-17-37-32)45-35(46-31)28-15-9-24(10-16-28)20-39-33(41)19-30(34(39)42)38-36(43)44-22-26-6-2-1-3-7-26/h1-17,29-31,35,40H,18-23H2,(H,38,43). The lowest BCUT2D eigenvalue weighted by Gasteiger charge is -2.36. The lowest BCUT2D eigenvalue weighted by atomic mass is 10.0. The minimum Gasteiger partial charge on any atom is -0.445 e. The summed E-state index contributed by atoms with van der Waals surface area (Å²) in [4.78, 5) is 43.6. The zero-order chi connectivity index (χ0) is 32.6. The van der Waals surface area contributed by atoms with Gasteiger partial charge >= 0.3 is 6.09 Å². The number of nitrogens with zero attached hydrogens (tertiary/aromatic N) is 2. The molecule has 0 aliphatic carbocycles. The molecule has 3 heterocycles. The van der Waals surface area contributed by atoms with Crippen LogP contribution in [-0.4, -0.2) is 50.8 Å². The largest absolute Gasteiger partial charge is 0.445 e. The molecule has 4 unspecified atom stereocenters. The number of alkyl carbamates (subject to hydrolysis) is 1. The van der Waals surface area contributed by atoms with Gasteiger partial charge in [0.05, 0.1) is 36.8 Å². The smallest absolute Gasteiger partial charge is 0.408 e. The van der Waals surface area contributed by atoms with Crippen LogP contribution in [-0.2, 0) is 43.6 Å². The molecule has 1 aromatic heterocycles. The van der Waals surface area contributed by atoms with Crippen molar-refractivity contribution >= 4 is 29.7 Å². The van der Waals surface area contributed by atoms with E-state index >= 15 is 0 Å². The van der Waals surface area contributed by atoms with E-state index in [0.717, 1.165) is 37.7 Å². The normalized spacial score (nSPS) is 21.1. The van der Waals surface area contributed by atoms with Gasteiger partial charge in [0.1, 0.15) is 12.6 Å². The number of rotatable bonds is 11. The van der Waals surface area contributed by atoms with Crippen molar-refractivity contribution in [3.05, 3.63) is 131 Å². The number of carbonyl (C=O) groups is 3. The Bertz CT molecular complexity index is 1660. The summed E-state index contributed by atoms with van der Waals surface area (Å²) in [5.41, 5.74) is 4.19. The summed E-state index contributed by atoms with van der Waals surface area (Å²) >= 11 is 1.63. The number of imide groups is 1. The van der Waals surface area contributed by atoms with Gasteiger partial charge in [0, 0.05) is 23.9 Å². The molecule has 6 rings (SSSR count). The second-order valence-corrected chi connectivity index (χ2v) is 12.4. The third-order valence-corrected chi connectivity index (χ3v) is 9.09. The summed E-state index contributed by atoms with van der Waals surface area (Å²) in [6.45, 7) is 0.109. The van der Waals surface area contributed by atoms with Gasteiger partial charge in [-0.05, 0) is 34.4 Å². The number of hydrogen-bond acceptors (Lipinski definition) is 9. The van der Waals surface area contributed by atoms with Crippen LogP contribution < -0.4 is 5.32 Å². The molecular formula is C36H35N3O7S. The molecule has 2 saturated heterocycles. The number of amides is 3. The van der Waals surface area contributed by atoms with Crippen molar-refractivity contribution in [3.8, 4) is 0 Å². The van der Waals surface area contributed by atoms with E-state index in [1.807, 2.05) is 97.1 Å². The van der Waals surface area contributed by atoms with Crippen molar-refractivity contribution < 1.29 is 33.7 Å². The molecule has 10 nitrogen and oxygen atoms in total. The van der Waals surface area contributed by atoms with Gasteiger partial charge in [0.15, 0.2) is 6.29 Å². The van der Waals surface area contributed by atoms with E-state index < -0.39 is 24.3 Å². The van der Waals surface area contributed by atoms with Crippen LogP contribution in [0.1, 0.15) is 53.1 Å². The lowest BCUT2D eigenvalue weighted by molar-refractivity contribution is -0.245. The molecule has 2 aliphatic rings. The fraction of sp³-hybridized carbons (Fsp3) is 0.278. The Morgan fingerprint density at radius 3 is 2.34 bits per heavy atom. The second kappa shape index (κ2) is 15.4. The van der Waals surface area contributed by atoms with Crippen LogP contribution in [0, 0.1) is 0 Å². The molecular weight excluding hydrogens is 618 g/mol. The fourth-order valence-corrected chi connectivity index (χ4v) is 6.35. The number of ether oxygens (including phenoxy) is 3. The summed E-state index contributed by atoms with van der Waals surface area (Å²) in [6.07, 6.45) is 0.564. The Morgan fingerprint density at radius 1 is 0.894 bits per heavy atom. The zero-order valence-corrected chi connectivity index (χ0v) is 26.4. The monoisotopic (exact) mass is 653 g/mol. The van der Waals surface area contributed by atoms with Gasteiger partial charge in [-0.1, -0.05) is 84.9 Å². The van der Waals surface area contributed by atoms with Crippen molar-refractivity contribution in [2.75, 3.05) is 5.75 Å². The molecule has 0 bridgehead atoms. The molecule has 4 aromatic rings. The average molecular weight is 654 g/mol. The summed E-state index contributed by atoms with van der Waals surface area (Å²) < 4.78 is 18.1. The van der Waals surface area contributed by atoms with Gasteiger partial charge < -0.3 is 24.6 Å². The van der Waals surface area contributed by atoms with Crippen LogP contribution in [0.3, 0.4) is 0 Å². The predicted octanol–water partition coefficient (Wildman–Crippen LogP) is 5.47. The first kappa shape index (κ1) is 32.4. The molecule has 2 aliphatic heterocycles. The lowest BCUT2D eigenvalue weighted by Crippen LogP contribution is -2.41. The third kappa shape index (κ3) is 8.44. The molecule has 2 fully saturated rings. The maximum atomic E-state index is 13.0. The van der Waals surface area contributed by atoms with E-state index in [1.165, 1.54) is 0 Å². The maximum Gasteiger partial charge on any atom is 0.408 e. The first-order valence-electron chi connectivity index (χ1n) is 15.4. The van der Waals surface area contributed by atoms with E-state index in [-0.39, 0.29) is 44.3 Å². The highest BCUT2D eigenvalue weighted by Crippen LogP contribution is 2.39. The third-order valence-electron chi connectivity index (χ3n) is 8.01. The average Bonchev–Trinajstić information content (AvgIpc) is 3.38. The van der Waals surface area contributed by atoms with Crippen LogP contribution in [0.5, 0.6) is 0 Å². The minimum atomic E-state index is -0.974. The number of carbonyl (C=O) groups excluding carboxylic acids is 3. The molecule has 11 heteroatoms. The van der Waals surface area contributed by atoms with Gasteiger partial charge in [-0.25, -0.2) is 9.78 Å². The highest BCUT2D eigenvalue weighted by atomic mass is 32.2. The Labute approximate surface area is 277 Å². The second-order valence-electron chi connectivity index (χ2n) is 11.4. The zero-order valence-electron chi connectivity index (χ0n) is 25.6. The van der Waals surface area contributed by atoms with Gasteiger partial charge in [-0.15, -0.1) is 11.8 Å². The van der Waals surface area contributed by atoms with E-state index in [4.69, 9.17) is 14.2 Å². The summed E-state index contributed by atoms with van der Waals surface area (Å²) in [5, 5.41) is 12.9. The number of aliphatic hydroxyl groups is 1. The number of aromatic nitrogens is 1. The van der Waals surface area contributed by atoms with Crippen LogP contribution in [0.15, 0.2) is 108 Å². The van der Waals surface area contributed by atoms with E-state index in [1.54, 1.807) is 18.0 Å². The van der Waals surface area contributed by atoms with Gasteiger partial charge in [0.25, 0.3) is 5.91 Å². The highest BCUT2D eigenvalue weighted by Gasteiger charge is 2.40. The Balaban J connectivity index is 1.08. The Hall–Kier alpha value is -4.55. The number of hydrogen-bond donors (Lipinski definition) is 2. The fourth-order valence-electron chi connectivity index (χ4n) is 5.47. The number of pyridine rings is 1. The quantitative estimate of drug-likeness (QED) is 0.160. The topological polar surface area (TPSA) is 127 Å². The van der Waals surface area contributed by atoms with E-state index in [9.17, 15) is 19.5 Å². The van der Waals surface area contributed by atoms with E-state index in [2.05, 4.69) is 10.3 Å². The van der Waals surface area contributed by atoms with Gasteiger partial charge in [0.2, 0.25) is 5.91 Å². The molecule has 4 atom stereocenters. The van der Waals surface area contributed by atoms with Crippen molar-refractivity contribution in [1.82, 2.24) is 15.2 Å². The van der Waals surface area contributed by atoms with Crippen molar-refractivity contribution in [2.24, 2.45) is 0 Å². The molecule has 0 radical (unpaired) electrons. The van der Waals surface area contributed by atoms with Crippen LogP contribution in [0.25, 0.3) is 0 Å². The van der Waals surface area contributed by atoms with Crippen molar-refractivity contribution in [2.45, 2.75) is 62.2 Å². The molecule has 242 valence electrons.